The van der Waals surface area contributed by atoms with E-state index in [-0.39, 0.29) is 30.2 Å². The van der Waals surface area contributed by atoms with Gasteiger partial charge in [0.1, 0.15) is 5.82 Å². The zero-order valence-electron chi connectivity index (χ0n) is 11.2. The second-order valence-electron chi connectivity index (χ2n) is 4.91. The monoisotopic (exact) mass is 286 g/mol. The van der Waals surface area contributed by atoms with Crippen LogP contribution in [-0.4, -0.2) is 37.0 Å². The molecule has 1 fully saturated rings. The number of hydrogen-bond donors (Lipinski definition) is 1. The van der Waals surface area contributed by atoms with Crippen LogP contribution in [0.25, 0.3) is 0 Å². The molecule has 1 aromatic carbocycles. The first-order chi connectivity index (χ1) is 8.61. The van der Waals surface area contributed by atoms with Gasteiger partial charge in [0.15, 0.2) is 0 Å². The van der Waals surface area contributed by atoms with Crippen molar-refractivity contribution in [3.05, 3.63) is 35.6 Å². The molecule has 0 saturated carbocycles. The Hall–Kier alpha value is -1.13. The van der Waals surface area contributed by atoms with E-state index >= 15 is 0 Å². The van der Waals surface area contributed by atoms with Gasteiger partial charge in [-0.25, -0.2) is 4.39 Å². The fourth-order valence-electron chi connectivity index (χ4n) is 2.61. The Morgan fingerprint density at radius 3 is 2.63 bits per heavy atom. The van der Waals surface area contributed by atoms with Crippen LogP contribution in [0.15, 0.2) is 24.3 Å². The molecule has 5 heteroatoms. The van der Waals surface area contributed by atoms with Gasteiger partial charge in [0, 0.05) is 18.5 Å². The standard InChI is InChI=1S/C14H19FN2O.ClH/c1-10-7-12(9-17(10)14(18)8-16-2)11-3-5-13(15)6-4-11;/h3-6,10,12,16H,7-9H2,1-2H3;1H. The lowest BCUT2D eigenvalue weighted by Crippen LogP contribution is -2.39. The van der Waals surface area contributed by atoms with Gasteiger partial charge in [-0.2, -0.15) is 0 Å². The van der Waals surface area contributed by atoms with Crippen molar-refractivity contribution in [3.8, 4) is 0 Å². The van der Waals surface area contributed by atoms with Crippen molar-refractivity contribution in [2.24, 2.45) is 0 Å². The number of nitrogens with one attached hydrogen (secondary N) is 1. The third-order valence-corrected chi connectivity index (χ3v) is 3.56. The summed E-state index contributed by atoms with van der Waals surface area (Å²) in [5.74, 6) is 0.240. The highest BCUT2D eigenvalue weighted by atomic mass is 35.5. The molecule has 0 aliphatic carbocycles. The van der Waals surface area contributed by atoms with Gasteiger partial charge in [-0.3, -0.25) is 4.79 Å². The van der Waals surface area contributed by atoms with Gasteiger partial charge in [0.25, 0.3) is 0 Å². The molecule has 1 aliphatic heterocycles. The fourth-order valence-corrected chi connectivity index (χ4v) is 2.61. The Morgan fingerprint density at radius 2 is 2.05 bits per heavy atom. The molecule has 0 aromatic heterocycles. The lowest BCUT2D eigenvalue weighted by molar-refractivity contribution is -0.130. The molecule has 106 valence electrons. The topological polar surface area (TPSA) is 32.3 Å². The zero-order valence-corrected chi connectivity index (χ0v) is 12.0. The minimum Gasteiger partial charge on any atom is -0.338 e. The van der Waals surface area contributed by atoms with Gasteiger partial charge in [-0.15, -0.1) is 12.4 Å². The number of nitrogens with zero attached hydrogens (tertiary/aromatic N) is 1. The maximum atomic E-state index is 12.9. The van der Waals surface area contributed by atoms with Crippen LogP contribution in [0.5, 0.6) is 0 Å². The summed E-state index contributed by atoms with van der Waals surface area (Å²) in [6, 6.07) is 6.86. The number of rotatable bonds is 3. The van der Waals surface area contributed by atoms with Gasteiger partial charge in [0.2, 0.25) is 5.91 Å². The van der Waals surface area contributed by atoms with E-state index in [1.807, 2.05) is 17.0 Å². The van der Waals surface area contributed by atoms with Crippen LogP contribution >= 0.6 is 12.4 Å². The lowest BCUT2D eigenvalue weighted by atomic mass is 9.97. The van der Waals surface area contributed by atoms with Crippen molar-refractivity contribution in [1.82, 2.24) is 10.2 Å². The highest BCUT2D eigenvalue weighted by molar-refractivity contribution is 5.85. The van der Waals surface area contributed by atoms with Gasteiger partial charge < -0.3 is 10.2 Å². The molecule has 0 bridgehead atoms. The van der Waals surface area contributed by atoms with E-state index in [4.69, 9.17) is 0 Å². The van der Waals surface area contributed by atoms with Crippen LogP contribution in [0, 0.1) is 5.82 Å². The van der Waals surface area contributed by atoms with Crippen molar-refractivity contribution in [1.29, 1.82) is 0 Å². The molecule has 2 rings (SSSR count). The maximum Gasteiger partial charge on any atom is 0.236 e. The smallest absolute Gasteiger partial charge is 0.236 e. The molecular formula is C14H20ClFN2O. The molecule has 1 aliphatic rings. The molecule has 1 heterocycles. The SMILES string of the molecule is CNCC(=O)N1CC(c2ccc(F)cc2)CC1C.Cl. The summed E-state index contributed by atoms with van der Waals surface area (Å²) in [5, 5.41) is 2.89. The normalized spacial score (nSPS) is 22.2. The molecule has 2 unspecified atom stereocenters. The average molecular weight is 287 g/mol. The van der Waals surface area contributed by atoms with Crippen LogP contribution in [0.2, 0.25) is 0 Å². The van der Waals surface area contributed by atoms with Crippen LogP contribution in [0.4, 0.5) is 4.39 Å². The molecule has 1 N–H and O–H groups in total. The third kappa shape index (κ3) is 3.67. The Balaban J connectivity index is 0.00000180. The first kappa shape index (κ1) is 15.9. The van der Waals surface area contributed by atoms with Gasteiger partial charge in [0.05, 0.1) is 6.54 Å². The molecule has 19 heavy (non-hydrogen) atoms. The van der Waals surface area contributed by atoms with E-state index < -0.39 is 0 Å². The van der Waals surface area contributed by atoms with Crippen molar-refractivity contribution in [2.45, 2.75) is 25.3 Å². The van der Waals surface area contributed by atoms with Crippen molar-refractivity contribution in [2.75, 3.05) is 20.1 Å². The zero-order chi connectivity index (χ0) is 13.1. The second kappa shape index (κ2) is 6.87. The van der Waals surface area contributed by atoms with Crippen LogP contribution in [0.1, 0.15) is 24.8 Å². The molecule has 2 atom stereocenters. The molecular weight excluding hydrogens is 267 g/mol. The van der Waals surface area contributed by atoms with E-state index in [1.54, 1.807) is 7.05 Å². The summed E-state index contributed by atoms with van der Waals surface area (Å²) in [7, 11) is 1.77. The number of likely N-dealkylation sites (tertiary alicyclic amines) is 1. The van der Waals surface area contributed by atoms with E-state index in [2.05, 4.69) is 12.2 Å². The first-order valence-corrected chi connectivity index (χ1v) is 6.31. The molecule has 0 radical (unpaired) electrons. The van der Waals surface area contributed by atoms with Gasteiger partial charge in [-0.1, -0.05) is 12.1 Å². The van der Waals surface area contributed by atoms with E-state index in [1.165, 1.54) is 12.1 Å². The number of carbonyl (C=O) groups is 1. The molecule has 1 saturated heterocycles. The number of likely N-dealkylation sites (N-methyl/N-ethyl adjacent to an activating group) is 1. The van der Waals surface area contributed by atoms with E-state index in [0.717, 1.165) is 18.5 Å². The second-order valence-corrected chi connectivity index (χ2v) is 4.91. The molecule has 1 aromatic rings. The summed E-state index contributed by atoms with van der Waals surface area (Å²) in [4.78, 5) is 13.8. The predicted molar refractivity (Wildman–Crippen MR) is 76.1 cm³/mol. The Morgan fingerprint density at radius 1 is 1.42 bits per heavy atom. The van der Waals surface area contributed by atoms with E-state index in [9.17, 15) is 9.18 Å². The van der Waals surface area contributed by atoms with Gasteiger partial charge >= 0.3 is 0 Å². The number of amides is 1. The molecule has 0 spiro atoms. The average Bonchev–Trinajstić information content (AvgIpc) is 2.72. The Kier molecular flexibility index (Phi) is 5.76. The summed E-state index contributed by atoms with van der Waals surface area (Å²) in [5.41, 5.74) is 1.11. The minimum absolute atomic E-state index is 0. The fraction of sp³-hybridized carbons (Fsp3) is 0.500. The first-order valence-electron chi connectivity index (χ1n) is 6.31. The van der Waals surface area contributed by atoms with Crippen LogP contribution in [0.3, 0.4) is 0 Å². The molecule has 3 nitrogen and oxygen atoms in total. The van der Waals surface area contributed by atoms with Crippen LogP contribution in [-0.2, 0) is 4.79 Å². The summed E-state index contributed by atoms with van der Waals surface area (Å²) in [6.45, 7) is 3.17. The van der Waals surface area contributed by atoms with E-state index in [0.29, 0.717) is 12.5 Å². The highest BCUT2D eigenvalue weighted by Crippen LogP contribution is 2.31. The summed E-state index contributed by atoms with van der Waals surface area (Å²) < 4.78 is 12.9. The van der Waals surface area contributed by atoms with Gasteiger partial charge in [-0.05, 0) is 38.1 Å². The Bertz CT molecular complexity index is 424. The van der Waals surface area contributed by atoms with Crippen molar-refractivity contribution < 1.29 is 9.18 Å². The largest absolute Gasteiger partial charge is 0.338 e. The number of hydrogen-bond acceptors (Lipinski definition) is 2. The highest BCUT2D eigenvalue weighted by Gasteiger charge is 2.32. The Labute approximate surface area is 119 Å². The number of benzene rings is 1. The van der Waals surface area contributed by atoms with Crippen LogP contribution < -0.4 is 5.32 Å². The minimum atomic E-state index is -0.215. The predicted octanol–water partition coefficient (Wildman–Crippen LogP) is 2.17. The third-order valence-electron chi connectivity index (χ3n) is 3.56. The number of halogens is 2. The maximum absolute atomic E-state index is 12.9. The number of carbonyl (C=O) groups excluding carboxylic acids is 1. The quantitative estimate of drug-likeness (QED) is 0.924. The summed E-state index contributed by atoms with van der Waals surface area (Å²) >= 11 is 0. The lowest BCUT2D eigenvalue weighted by Gasteiger charge is -2.21. The van der Waals surface area contributed by atoms with Crippen molar-refractivity contribution >= 4 is 18.3 Å². The molecule has 1 amide bonds. The summed E-state index contributed by atoms with van der Waals surface area (Å²) in [6.07, 6.45) is 0.946. The van der Waals surface area contributed by atoms with Crippen molar-refractivity contribution in [3.63, 3.8) is 0 Å².